The predicted molar refractivity (Wildman–Crippen MR) is 57.0 cm³/mol. The molecule has 0 amide bonds. The first-order valence-electron chi connectivity index (χ1n) is 4.60. The molecule has 0 radical (unpaired) electrons. The van der Waals surface area contributed by atoms with E-state index in [-0.39, 0.29) is 0 Å². The molecule has 78 valence electrons. The molecule has 0 bridgehead atoms. The number of carboxylic acid groups (broad SMARTS) is 1. The molecule has 0 heterocycles. The number of nitrogens with two attached hydrogens (primary N) is 1. The quantitative estimate of drug-likeness (QED) is 0.619. The minimum absolute atomic E-state index is 0.521. The van der Waals surface area contributed by atoms with Crippen LogP contribution in [0, 0.1) is 5.92 Å². The molecule has 1 atom stereocenters. The molecule has 0 aliphatic heterocycles. The van der Waals surface area contributed by atoms with E-state index in [1.807, 2.05) is 0 Å². The Morgan fingerprint density at radius 3 is 2.62 bits per heavy atom. The van der Waals surface area contributed by atoms with Crippen LogP contribution in [-0.4, -0.2) is 28.6 Å². The molecule has 0 spiro atoms. The minimum atomic E-state index is -0.906. The summed E-state index contributed by atoms with van der Waals surface area (Å²) < 4.78 is 0. The van der Waals surface area contributed by atoms with Gasteiger partial charge < -0.3 is 10.8 Å². The molecule has 0 saturated carbocycles. The average molecular weight is 205 g/mol. The molecule has 0 aromatic carbocycles. The largest absolute Gasteiger partial charge is 0.480 e. The van der Waals surface area contributed by atoms with Crippen LogP contribution in [0.1, 0.15) is 26.7 Å². The molecule has 4 heteroatoms. The lowest BCUT2D eigenvalue weighted by atomic mass is 10.1. The van der Waals surface area contributed by atoms with Crippen molar-refractivity contribution in [1.82, 2.24) is 0 Å². The summed E-state index contributed by atoms with van der Waals surface area (Å²) in [5.41, 5.74) is 5.34. The van der Waals surface area contributed by atoms with Gasteiger partial charge in [0.25, 0.3) is 0 Å². The molecule has 0 aliphatic carbocycles. The summed E-state index contributed by atoms with van der Waals surface area (Å²) >= 11 is 1.63. The van der Waals surface area contributed by atoms with Gasteiger partial charge >= 0.3 is 5.97 Å². The van der Waals surface area contributed by atoms with E-state index in [1.165, 1.54) is 6.42 Å². The number of aliphatic carboxylic acids is 1. The van der Waals surface area contributed by atoms with E-state index in [0.717, 1.165) is 18.1 Å². The minimum Gasteiger partial charge on any atom is -0.480 e. The molecule has 0 aromatic rings. The summed E-state index contributed by atoms with van der Waals surface area (Å²) in [6.07, 6.45) is 2.35. The Hall–Kier alpha value is -0.220. The molecular weight excluding hydrogens is 186 g/mol. The van der Waals surface area contributed by atoms with Gasteiger partial charge in [-0.2, -0.15) is 11.8 Å². The fourth-order valence-electron chi connectivity index (χ4n) is 0.875. The number of carbonyl (C=O) groups is 1. The lowest BCUT2D eigenvalue weighted by molar-refractivity contribution is -0.137. The maximum atomic E-state index is 10.3. The van der Waals surface area contributed by atoms with Crippen molar-refractivity contribution in [2.75, 3.05) is 11.5 Å². The fourth-order valence-corrected chi connectivity index (χ4v) is 1.81. The van der Waals surface area contributed by atoms with Crippen LogP contribution >= 0.6 is 11.8 Å². The Labute approximate surface area is 84.1 Å². The standard InChI is InChI=1S/C9H19NO2S/c1-7(2)4-3-5-13-6-8(10)9(11)12/h7-8H,3-6,10H2,1-2H3,(H,11,12)/t8-/m1/s1. The number of thioether (sulfide) groups is 1. The van der Waals surface area contributed by atoms with Gasteiger partial charge in [-0.1, -0.05) is 20.3 Å². The highest BCUT2D eigenvalue weighted by atomic mass is 32.2. The van der Waals surface area contributed by atoms with Crippen LogP contribution in [0.3, 0.4) is 0 Å². The molecule has 0 fully saturated rings. The summed E-state index contributed by atoms with van der Waals surface area (Å²) in [5.74, 6) is 1.36. The van der Waals surface area contributed by atoms with Gasteiger partial charge in [-0.15, -0.1) is 0 Å². The zero-order valence-electron chi connectivity index (χ0n) is 8.32. The maximum Gasteiger partial charge on any atom is 0.321 e. The second kappa shape index (κ2) is 7.21. The number of hydrogen-bond donors (Lipinski definition) is 2. The van der Waals surface area contributed by atoms with Gasteiger partial charge in [0.05, 0.1) is 0 Å². The molecule has 0 aromatic heterocycles. The van der Waals surface area contributed by atoms with Gasteiger partial charge in [0.2, 0.25) is 0 Å². The molecule has 0 unspecified atom stereocenters. The summed E-state index contributed by atoms with van der Waals surface area (Å²) in [4.78, 5) is 10.3. The number of rotatable bonds is 7. The van der Waals surface area contributed by atoms with Crippen LogP contribution in [0.5, 0.6) is 0 Å². The molecule has 3 N–H and O–H groups in total. The van der Waals surface area contributed by atoms with Crippen LogP contribution in [0.2, 0.25) is 0 Å². The fraction of sp³-hybridized carbons (Fsp3) is 0.889. The van der Waals surface area contributed by atoms with Crippen molar-refractivity contribution < 1.29 is 9.90 Å². The number of carboxylic acids is 1. The van der Waals surface area contributed by atoms with Gasteiger partial charge in [0.1, 0.15) is 6.04 Å². The van der Waals surface area contributed by atoms with Crippen LogP contribution in [-0.2, 0) is 4.79 Å². The molecule has 0 aliphatic rings. The highest BCUT2D eigenvalue weighted by Gasteiger charge is 2.10. The second-order valence-corrected chi connectivity index (χ2v) is 4.71. The summed E-state index contributed by atoms with van der Waals surface area (Å²) in [6.45, 7) is 4.38. The lowest BCUT2D eigenvalue weighted by Crippen LogP contribution is -2.32. The molecule has 0 rings (SSSR count). The highest BCUT2D eigenvalue weighted by Crippen LogP contribution is 2.10. The SMILES string of the molecule is CC(C)CCCSC[C@@H](N)C(=O)O. The summed E-state index contributed by atoms with van der Waals surface area (Å²) in [5, 5.41) is 8.49. The van der Waals surface area contributed by atoms with Crippen molar-refractivity contribution in [2.45, 2.75) is 32.7 Å². The van der Waals surface area contributed by atoms with Crippen molar-refractivity contribution in [2.24, 2.45) is 11.7 Å². The zero-order valence-corrected chi connectivity index (χ0v) is 9.14. The van der Waals surface area contributed by atoms with Crippen molar-refractivity contribution in [1.29, 1.82) is 0 Å². The van der Waals surface area contributed by atoms with E-state index in [9.17, 15) is 4.79 Å². The predicted octanol–water partition coefficient (Wildman–Crippen LogP) is 1.57. The molecular formula is C9H19NO2S. The zero-order chi connectivity index (χ0) is 10.3. The van der Waals surface area contributed by atoms with Gasteiger partial charge in [-0.3, -0.25) is 4.79 Å². The van der Waals surface area contributed by atoms with E-state index in [4.69, 9.17) is 10.8 Å². The second-order valence-electron chi connectivity index (χ2n) is 3.56. The van der Waals surface area contributed by atoms with Crippen molar-refractivity contribution in [3.05, 3.63) is 0 Å². The smallest absolute Gasteiger partial charge is 0.321 e. The van der Waals surface area contributed by atoms with E-state index in [2.05, 4.69) is 13.8 Å². The first-order chi connectivity index (χ1) is 6.04. The number of hydrogen-bond acceptors (Lipinski definition) is 3. The topological polar surface area (TPSA) is 63.3 Å². The molecule has 0 saturated heterocycles. The van der Waals surface area contributed by atoms with E-state index in [0.29, 0.717) is 5.75 Å². The summed E-state index contributed by atoms with van der Waals surface area (Å²) in [6, 6.07) is -0.705. The van der Waals surface area contributed by atoms with Crippen molar-refractivity contribution >= 4 is 17.7 Å². The van der Waals surface area contributed by atoms with Gasteiger partial charge in [-0.05, 0) is 18.1 Å². The van der Waals surface area contributed by atoms with Crippen LogP contribution in [0.25, 0.3) is 0 Å². The summed E-state index contributed by atoms with van der Waals surface area (Å²) in [7, 11) is 0. The normalized spacial score (nSPS) is 13.2. The monoisotopic (exact) mass is 205 g/mol. The third kappa shape index (κ3) is 8.12. The Balaban J connectivity index is 3.21. The Bertz CT molecular complexity index is 151. The highest BCUT2D eigenvalue weighted by molar-refractivity contribution is 7.99. The van der Waals surface area contributed by atoms with Crippen molar-refractivity contribution in [3.63, 3.8) is 0 Å². The van der Waals surface area contributed by atoms with Gasteiger partial charge in [0, 0.05) is 5.75 Å². The first-order valence-corrected chi connectivity index (χ1v) is 5.75. The van der Waals surface area contributed by atoms with Crippen molar-refractivity contribution in [3.8, 4) is 0 Å². The average Bonchev–Trinajstić information content (AvgIpc) is 2.02. The van der Waals surface area contributed by atoms with Crippen LogP contribution < -0.4 is 5.73 Å². The Morgan fingerprint density at radius 1 is 1.54 bits per heavy atom. The van der Waals surface area contributed by atoms with E-state index in [1.54, 1.807) is 11.8 Å². The van der Waals surface area contributed by atoms with E-state index < -0.39 is 12.0 Å². The maximum absolute atomic E-state index is 10.3. The lowest BCUT2D eigenvalue weighted by Gasteiger charge is -2.06. The van der Waals surface area contributed by atoms with Gasteiger partial charge in [-0.25, -0.2) is 0 Å². The molecule has 13 heavy (non-hydrogen) atoms. The van der Waals surface area contributed by atoms with Gasteiger partial charge in [0.15, 0.2) is 0 Å². The van der Waals surface area contributed by atoms with Crippen LogP contribution in [0.4, 0.5) is 0 Å². The third-order valence-corrected chi connectivity index (χ3v) is 2.86. The first kappa shape index (κ1) is 12.8. The third-order valence-electron chi connectivity index (χ3n) is 1.68. The molecule has 3 nitrogen and oxygen atoms in total. The van der Waals surface area contributed by atoms with E-state index >= 15 is 0 Å². The Morgan fingerprint density at radius 2 is 2.15 bits per heavy atom. The van der Waals surface area contributed by atoms with Crippen LogP contribution in [0.15, 0.2) is 0 Å². The Kier molecular flexibility index (Phi) is 7.09.